The Morgan fingerprint density at radius 3 is 2.42 bits per heavy atom. The molecular weight excluding hydrogens is 324 g/mol. The first-order chi connectivity index (χ1) is 9.24. The monoisotopic (exact) mass is 338 g/mol. The maximum atomic E-state index is 6.13. The Kier molecular flexibility index (Phi) is 5.29. The van der Waals surface area contributed by atoms with Crippen LogP contribution in [0, 0.1) is 0 Å². The lowest BCUT2D eigenvalue weighted by molar-refractivity contribution is 0.408. The fourth-order valence-corrected chi connectivity index (χ4v) is 2.69. The Morgan fingerprint density at radius 1 is 1.11 bits per heavy atom. The van der Waals surface area contributed by atoms with Gasteiger partial charge in [0.1, 0.15) is 5.75 Å². The van der Waals surface area contributed by atoms with Crippen molar-refractivity contribution in [1.29, 1.82) is 0 Å². The summed E-state index contributed by atoms with van der Waals surface area (Å²) in [5, 5.41) is 0. The highest BCUT2D eigenvalue weighted by Gasteiger charge is 2.13. The molecule has 0 bridgehead atoms. The lowest BCUT2D eigenvalue weighted by Crippen LogP contribution is -2.05. The number of rotatable bonds is 5. The van der Waals surface area contributed by atoms with Crippen molar-refractivity contribution in [2.24, 2.45) is 0 Å². The van der Waals surface area contributed by atoms with Crippen molar-refractivity contribution in [3.63, 3.8) is 0 Å². The molecule has 100 valence electrons. The van der Waals surface area contributed by atoms with E-state index in [1.165, 1.54) is 11.1 Å². The van der Waals surface area contributed by atoms with Crippen LogP contribution in [0.1, 0.15) is 17.0 Å². The van der Waals surface area contributed by atoms with Crippen LogP contribution < -0.4 is 4.74 Å². The van der Waals surface area contributed by atoms with E-state index in [0.717, 1.165) is 16.6 Å². The number of alkyl halides is 1. The Labute approximate surface area is 127 Å². The molecule has 1 nitrogen and oxygen atoms in total. The molecular formula is C16H16BrClO. The van der Waals surface area contributed by atoms with Crippen molar-refractivity contribution in [1.82, 2.24) is 0 Å². The molecule has 2 rings (SSSR count). The number of benzene rings is 2. The molecule has 0 spiro atoms. The minimum Gasteiger partial charge on any atom is -0.496 e. The van der Waals surface area contributed by atoms with Crippen LogP contribution in [0.25, 0.3) is 0 Å². The molecule has 0 aromatic heterocycles. The number of para-hydroxylation sites is 1. The maximum absolute atomic E-state index is 6.13. The van der Waals surface area contributed by atoms with Crippen LogP contribution in [0.4, 0.5) is 0 Å². The van der Waals surface area contributed by atoms with Crippen LogP contribution in [0.15, 0.2) is 53.0 Å². The third kappa shape index (κ3) is 3.74. The zero-order valence-corrected chi connectivity index (χ0v) is 13.1. The third-order valence-electron chi connectivity index (χ3n) is 3.19. The fraction of sp³-hybridized carbons (Fsp3) is 0.250. The summed E-state index contributed by atoms with van der Waals surface area (Å²) >= 11 is 9.59. The first kappa shape index (κ1) is 14.4. The van der Waals surface area contributed by atoms with Gasteiger partial charge in [-0.2, -0.15) is 0 Å². The van der Waals surface area contributed by atoms with E-state index in [1.54, 1.807) is 7.11 Å². The molecule has 0 N–H and O–H groups in total. The van der Waals surface area contributed by atoms with Gasteiger partial charge in [-0.05, 0) is 35.7 Å². The van der Waals surface area contributed by atoms with E-state index in [2.05, 4.69) is 46.3 Å². The number of hydrogen-bond acceptors (Lipinski definition) is 1. The third-order valence-corrected chi connectivity index (χ3v) is 4.09. The zero-order chi connectivity index (χ0) is 13.7. The maximum Gasteiger partial charge on any atom is 0.122 e. The van der Waals surface area contributed by atoms with Gasteiger partial charge in [-0.1, -0.05) is 46.3 Å². The molecule has 1 unspecified atom stereocenters. The summed E-state index contributed by atoms with van der Waals surface area (Å²) in [4.78, 5) is 0. The van der Waals surface area contributed by atoms with Crippen LogP contribution in [0.2, 0.25) is 0 Å². The van der Waals surface area contributed by atoms with Crippen LogP contribution >= 0.6 is 27.5 Å². The lowest BCUT2D eigenvalue weighted by Gasteiger charge is -2.16. The van der Waals surface area contributed by atoms with Gasteiger partial charge in [0, 0.05) is 16.3 Å². The molecule has 1 atom stereocenters. The predicted molar refractivity (Wildman–Crippen MR) is 84.3 cm³/mol. The average molecular weight is 340 g/mol. The minimum absolute atomic E-state index is 0.297. The summed E-state index contributed by atoms with van der Waals surface area (Å²) in [7, 11) is 1.70. The highest BCUT2D eigenvalue weighted by molar-refractivity contribution is 9.10. The lowest BCUT2D eigenvalue weighted by atomic mass is 9.93. The predicted octanol–water partition coefficient (Wildman–Crippen LogP) is 5.02. The second-order valence-electron chi connectivity index (χ2n) is 4.42. The Hall–Kier alpha value is -0.990. The van der Waals surface area contributed by atoms with Crippen molar-refractivity contribution >= 4 is 27.5 Å². The van der Waals surface area contributed by atoms with Gasteiger partial charge in [0.25, 0.3) is 0 Å². The molecule has 0 fully saturated rings. The van der Waals surface area contributed by atoms with Crippen molar-refractivity contribution < 1.29 is 4.74 Å². The van der Waals surface area contributed by atoms with Gasteiger partial charge in [0.2, 0.25) is 0 Å². The van der Waals surface area contributed by atoms with E-state index in [1.807, 2.05) is 18.2 Å². The molecule has 0 aliphatic heterocycles. The van der Waals surface area contributed by atoms with Gasteiger partial charge >= 0.3 is 0 Å². The normalized spacial score (nSPS) is 12.2. The average Bonchev–Trinajstić information content (AvgIpc) is 2.46. The van der Waals surface area contributed by atoms with Gasteiger partial charge in [0.15, 0.2) is 0 Å². The van der Waals surface area contributed by atoms with Crippen molar-refractivity contribution in [3.05, 3.63) is 64.1 Å². The summed E-state index contributed by atoms with van der Waals surface area (Å²) in [6.07, 6.45) is 0.884. The number of hydrogen-bond donors (Lipinski definition) is 0. The highest BCUT2D eigenvalue weighted by atomic mass is 79.9. The van der Waals surface area contributed by atoms with E-state index in [0.29, 0.717) is 11.8 Å². The van der Waals surface area contributed by atoms with Gasteiger partial charge in [-0.3, -0.25) is 0 Å². The molecule has 0 amide bonds. The summed E-state index contributed by atoms with van der Waals surface area (Å²) in [6, 6.07) is 16.4. The molecule has 3 heteroatoms. The molecule has 0 saturated carbocycles. The van der Waals surface area contributed by atoms with E-state index < -0.39 is 0 Å². The first-order valence-electron chi connectivity index (χ1n) is 6.18. The molecule has 0 radical (unpaired) electrons. The van der Waals surface area contributed by atoms with Gasteiger partial charge < -0.3 is 4.74 Å². The summed E-state index contributed by atoms with van der Waals surface area (Å²) in [5.41, 5.74) is 2.45. The van der Waals surface area contributed by atoms with E-state index in [4.69, 9.17) is 16.3 Å². The van der Waals surface area contributed by atoms with Crippen LogP contribution in [0.3, 0.4) is 0 Å². The summed E-state index contributed by atoms with van der Waals surface area (Å²) in [6.45, 7) is 0. The first-order valence-corrected chi connectivity index (χ1v) is 7.50. The minimum atomic E-state index is 0.297. The molecule has 19 heavy (non-hydrogen) atoms. The SMILES string of the molecule is COc1ccccc1CC(CCl)c1ccc(Br)cc1. The molecule has 2 aromatic carbocycles. The quantitative estimate of drug-likeness (QED) is 0.695. The Balaban J connectivity index is 2.21. The van der Waals surface area contributed by atoms with E-state index in [9.17, 15) is 0 Å². The smallest absolute Gasteiger partial charge is 0.122 e. The van der Waals surface area contributed by atoms with Crippen molar-refractivity contribution in [2.45, 2.75) is 12.3 Å². The fourth-order valence-electron chi connectivity index (χ4n) is 2.13. The highest BCUT2D eigenvalue weighted by Crippen LogP contribution is 2.28. The van der Waals surface area contributed by atoms with Crippen molar-refractivity contribution in [2.75, 3.05) is 13.0 Å². The number of halogens is 2. The summed E-state index contributed by atoms with van der Waals surface area (Å²) in [5.74, 6) is 1.82. The Bertz CT molecular complexity index is 525. The number of methoxy groups -OCH3 is 1. The van der Waals surface area contributed by atoms with E-state index in [-0.39, 0.29) is 0 Å². The second kappa shape index (κ2) is 6.97. The van der Waals surface area contributed by atoms with Crippen LogP contribution in [0.5, 0.6) is 5.75 Å². The Morgan fingerprint density at radius 2 is 1.79 bits per heavy atom. The van der Waals surface area contributed by atoms with Crippen molar-refractivity contribution in [3.8, 4) is 5.75 Å². The summed E-state index contributed by atoms with van der Waals surface area (Å²) < 4.78 is 6.48. The molecule has 0 heterocycles. The van der Waals surface area contributed by atoms with E-state index >= 15 is 0 Å². The zero-order valence-electron chi connectivity index (χ0n) is 10.8. The molecule has 0 saturated heterocycles. The second-order valence-corrected chi connectivity index (χ2v) is 5.64. The molecule has 0 aliphatic rings. The van der Waals surface area contributed by atoms with Crippen LogP contribution in [-0.2, 0) is 6.42 Å². The van der Waals surface area contributed by atoms with Gasteiger partial charge in [0.05, 0.1) is 7.11 Å². The topological polar surface area (TPSA) is 9.23 Å². The van der Waals surface area contributed by atoms with Gasteiger partial charge in [-0.25, -0.2) is 0 Å². The van der Waals surface area contributed by atoms with Gasteiger partial charge in [-0.15, -0.1) is 11.6 Å². The molecule has 2 aromatic rings. The number of ether oxygens (including phenoxy) is 1. The molecule has 0 aliphatic carbocycles. The standard InChI is InChI=1S/C16H16BrClO/c1-19-16-5-3-2-4-13(16)10-14(11-18)12-6-8-15(17)9-7-12/h2-9,14H,10-11H2,1H3. The van der Waals surface area contributed by atoms with Crippen LogP contribution in [-0.4, -0.2) is 13.0 Å². The largest absolute Gasteiger partial charge is 0.496 e.